The number of nitrogens with one attached hydrogen (secondary N) is 1. The Hall–Kier alpha value is -1.62. The maximum Gasteiger partial charge on any atom is 0.269 e. The Morgan fingerprint density at radius 3 is 2.57 bits per heavy atom. The van der Waals surface area contributed by atoms with Gasteiger partial charge in [-0.05, 0) is 25.5 Å². The van der Waals surface area contributed by atoms with Gasteiger partial charge in [0, 0.05) is 24.7 Å². The fourth-order valence-electron chi connectivity index (χ4n) is 2.12. The number of benzene rings is 1. The maximum atomic E-state index is 10.5. The number of hydrogen-bond acceptors (Lipinski definition) is 4. The molecule has 0 radical (unpaired) electrons. The first-order valence-corrected chi connectivity index (χ1v) is 7.74. The number of nitro benzene ring substituents is 1. The largest absolute Gasteiger partial charge is 0.492 e. The fourth-order valence-corrected chi connectivity index (χ4v) is 2.12. The summed E-state index contributed by atoms with van der Waals surface area (Å²) in [6.07, 6.45) is 6.35. The molecule has 0 amide bonds. The second kappa shape index (κ2) is 10.2. The number of hydrogen-bond donors (Lipinski definition) is 1. The van der Waals surface area contributed by atoms with Crippen LogP contribution in [0, 0.1) is 10.1 Å². The van der Waals surface area contributed by atoms with Crippen LogP contribution in [0.4, 0.5) is 5.69 Å². The van der Waals surface area contributed by atoms with Crippen LogP contribution in [-0.2, 0) is 0 Å². The minimum absolute atomic E-state index is 0.0844. The first kappa shape index (κ1) is 17.4. The van der Waals surface area contributed by atoms with Gasteiger partial charge in [-0.2, -0.15) is 0 Å². The minimum Gasteiger partial charge on any atom is -0.492 e. The monoisotopic (exact) mass is 294 g/mol. The molecule has 1 rings (SSSR count). The van der Waals surface area contributed by atoms with Crippen LogP contribution < -0.4 is 10.1 Å². The Balaban J connectivity index is 2.11. The molecule has 0 aliphatic rings. The average Bonchev–Trinajstić information content (AvgIpc) is 2.48. The summed E-state index contributed by atoms with van der Waals surface area (Å²) < 4.78 is 5.55. The zero-order valence-corrected chi connectivity index (χ0v) is 13.0. The van der Waals surface area contributed by atoms with E-state index in [9.17, 15) is 10.1 Å². The smallest absolute Gasteiger partial charge is 0.269 e. The maximum absolute atomic E-state index is 10.5. The molecule has 0 bridgehead atoms. The third kappa shape index (κ3) is 7.66. The first-order valence-electron chi connectivity index (χ1n) is 7.74. The van der Waals surface area contributed by atoms with Crippen molar-refractivity contribution in [3.63, 3.8) is 0 Å². The second-order valence-corrected chi connectivity index (χ2v) is 5.30. The summed E-state index contributed by atoms with van der Waals surface area (Å²) in [6, 6.07) is 6.68. The van der Waals surface area contributed by atoms with E-state index in [1.165, 1.54) is 44.2 Å². The van der Waals surface area contributed by atoms with Gasteiger partial charge in [0.1, 0.15) is 12.4 Å². The van der Waals surface area contributed by atoms with Gasteiger partial charge in [0.2, 0.25) is 0 Å². The van der Waals surface area contributed by atoms with Crippen LogP contribution in [0.25, 0.3) is 0 Å². The van der Waals surface area contributed by atoms with E-state index in [2.05, 4.69) is 19.2 Å². The SMILES string of the molecule is CCCCCCC(C)NCCOc1ccc([N+](=O)[O-])cc1. The van der Waals surface area contributed by atoms with Crippen LogP contribution in [-0.4, -0.2) is 24.1 Å². The van der Waals surface area contributed by atoms with Crippen molar-refractivity contribution in [3.8, 4) is 5.75 Å². The van der Waals surface area contributed by atoms with E-state index in [4.69, 9.17) is 4.74 Å². The Morgan fingerprint density at radius 2 is 1.95 bits per heavy atom. The molecule has 0 spiro atoms. The highest BCUT2D eigenvalue weighted by Gasteiger charge is 2.04. The van der Waals surface area contributed by atoms with Crippen molar-refractivity contribution in [1.82, 2.24) is 5.32 Å². The van der Waals surface area contributed by atoms with Crippen molar-refractivity contribution in [2.24, 2.45) is 0 Å². The molecule has 0 saturated carbocycles. The van der Waals surface area contributed by atoms with Crippen LogP contribution >= 0.6 is 0 Å². The minimum atomic E-state index is -0.411. The van der Waals surface area contributed by atoms with Crippen molar-refractivity contribution in [1.29, 1.82) is 0 Å². The van der Waals surface area contributed by atoms with E-state index < -0.39 is 4.92 Å². The summed E-state index contributed by atoms with van der Waals surface area (Å²) in [5.41, 5.74) is 0.0844. The van der Waals surface area contributed by atoms with Crippen molar-refractivity contribution in [2.75, 3.05) is 13.2 Å². The third-order valence-electron chi connectivity index (χ3n) is 3.40. The van der Waals surface area contributed by atoms with Gasteiger partial charge in [0.25, 0.3) is 5.69 Å². The lowest BCUT2D eigenvalue weighted by Crippen LogP contribution is -2.30. The van der Waals surface area contributed by atoms with Gasteiger partial charge in [-0.15, -0.1) is 0 Å². The molecule has 1 unspecified atom stereocenters. The predicted octanol–water partition coefficient (Wildman–Crippen LogP) is 3.92. The highest BCUT2D eigenvalue weighted by molar-refractivity contribution is 5.35. The van der Waals surface area contributed by atoms with Gasteiger partial charge >= 0.3 is 0 Å². The molecule has 0 fully saturated rings. The van der Waals surface area contributed by atoms with Crippen molar-refractivity contribution < 1.29 is 9.66 Å². The van der Waals surface area contributed by atoms with Crippen LogP contribution in [0.5, 0.6) is 5.75 Å². The van der Waals surface area contributed by atoms with Gasteiger partial charge in [-0.1, -0.05) is 32.6 Å². The molecular weight excluding hydrogens is 268 g/mol. The Bertz CT molecular complexity index is 406. The van der Waals surface area contributed by atoms with Crippen LogP contribution in [0.1, 0.15) is 46.0 Å². The Labute approximate surface area is 126 Å². The lowest BCUT2D eigenvalue weighted by molar-refractivity contribution is -0.384. The summed E-state index contributed by atoms with van der Waals surface area (Å²) in [5, 5.41) is 14.0. The summed E-state index contributed by atoms with van der Waals surface area (Å²) >= 11 is 0. The van der Waals surface area contributed by atoms with Crippen LogP contribution in [0.3, 0.4) is 0 Å². The molecule has 1 atom stereocenters. The van der Waals surface area contributed by atoms with Gasteiger partial charge in [-0.3, -0.25) is 10.1 Å². The summed E-state index contributed by atoms with van der Waals surface area (Å²) in [6.45, 7) is 5.76. The summed E-state index contributed by atoms with van der Waals surface area (Å²) in [5.74, 6) is 0.665. The molecule has 0 aromatic heterocycles. The predicted molar refractivity (Wildman–Crippen MR) is 84.8 cm³/mol. The Morgan fingerprint density at radius 1 is 1.24 bits per heavy atom. The number of nitro groups is 1. The van der Waals surface area contributed by atoms with Gasteiger partial charge in [0.05, 0.1) is 4.92 Å². The molecule has 0 aliphatic heterocycles. The molecule has 5 nitrogen and oxygen atoms in total. The highest BCUT2D eigenvalue weighted by Crippen LogP contribution is 2.17. The van der Waals surface area contributed by atoms with Gasteiger partial charge in [0.15, 0.2) is 0 Å². The van der Waals surface area contributed by atoms with Crippen LogP contribution in [0.15, 0.2) is 24.3 Å². The second-order valence-electron chi connectivity index (χ2n) is 5.30. The lowest BCUT2D eigenvalue weighted by Gasteiger charge is -2.14. The number of nitrogens with zero attached hydrogens (tertiary/aromatic N) is 1. The van der Waals surface area contributed by atoms with Gasteiger partial charge in [-0.25, -0.2) is 0 Å². The van der Waals surface area contributed by atoms with Crippen molar-refractivity contribution in [2.45, 2.75) is 52.0 Å². The number of unbranched alkanes of at least 4 members (excludes halogenated alkanes) is 3. The molecular formula is C16H26N2O3. The van der Waals surface area contributed by atoms with E-state index in [0.717, 1.165) is 6.54 Å². The van der Waals surface area contributed by atoms with Crippen molar-refractivity contribution in [3.05, 3.63) is 34.4 Å². The van der Waals surface area contributed by atoms with Crippen LogP contribution in [0.2, 0.25) is 0 Å². The molecule has 118 valence electrons. The van der Waals surface area contributed by atoms with E-state index in [1.54, 1.807) is 12.1 Å². The summed E-state index contributed by atoms with van der Waals surface area (Å²) in [4.78, 5) is 10.1. The molecule has 5 heteroatoms. The number of rotatable bonds is 11. The molecule has 0 aliphatic carbocycles. The topological polar surface area (TPSA) is 64.4 Å². The first-order chi connectivity index (χ1) is 10.1. The zero-order chi connectivity index (χ0) is 15.5. The standard InChI is InChI=1S/C16H26N2O3/c1-3-4-5-6-7-14(2)17-12-13-21-16-10-8-15(9-11-16)18(19)20/h8-11,14,17H,3-7,12-13H2,1-2H3. The third-order valence-corrected chi connectivity index (χ3v) is 3.40. The van der Waals surface area contributed by atoms with Crippen molar-refractivity contribution >= 4 is 5.69 Å². The van der Waals surface area contributed by atoms with E-state index in [0.29, 0.717) is 18.4 Å². The van der Waals surface area contributed by atoms with E-state index in [-0.39, 0.29) is 5.69 Å². The zero-order valence-electron chi connectivity index (χ0n) is 13.0. The number of non-ortho nitro benzene ring substituents is 1. The molecule has 1 aromatic carbocycles. The highest BCUT2D eigenvalue weighted by atomic mass is 16.6. The molecule has 1 aromatic rings. The summed E-state index contributed by atoms with van der Waals surface area (Å²) in [7, 11) is 0. The normalized spacial score (nSPS) is 12.1. The fraction of sp³-hybridized carbons (Fsp3) is 0.625. The van der Waals surface area contributed by atoms with Gasteiger partial charge < -0.3 is 10.1 Å². The van der Waals surface area contributed by atoms with E-state index in [1.807, 2.05) is 0 Å². The average molecular weight is 294 g/mol. The number of ether oxygens (including phenoxy) is 1. The molecule has 0 heterocycles. The Kier molecular flexibility index (Phi) is 8.43. The molecule has 1 N–H and O–H groups in total. The molecule has 21 heavy (non-hydrogen) atoms. The molecule has 0 saturated heterocycles. The lowest BCUT2D eigenvalue weighted by atomic mass is 10.1. The quantitative estimate of drug-likeness (QED) is 0.381. The van der Waals surface area contributed by atoms with E-state index >= 15 is 0 Å².